The predicted octanol–water partition coefficient (Wildman–Crippen LogP) is 3.11. The van der Waals surface area contributed by atoms with E-state index in [0.717, 1.165) is 42.5 Å². The van der Waals surface area contributed by atoms with Crippen LogP contribution < -0.4 is 4.90 Å². The topological polar surface area (TPSA) is 76.8 Å². The molecule has 0 N–H and O–H groups in total. The van der Waals surface area contributed by atoms with Crippen molar-refractivity contribution in [2.24, 2.45) is 5.92 Å². The maximum Gasteiger partial charge on any atom is 0.185 e. The van der Waals surface area contributed by atoms with Crippen LogP contribution in [0.3, 0.4) is 0 Å². The summed E-state index contributed by atoms with van der Waals surface area (Å²) in [6, 6.07) is 9.58. The molecule has 1 aliphatic carbocycles. The van der Waals surface area contributed by atoms with E-state index in [-0.39, 0.29) is 5.78 Å². The van der Waals surface area contributed by atoms with Crippen molar-refractivity contribution in [1.29, 1.82) is 0 Å². The van der Waals surface area contributed by atoms with Crippen LogP contribution in [-0.4, -0.2) is 43.6 Å². The standard InChI is InChI=1S/C21H24N6O/c1-2-9-26(12-17-3-4-17)21-11-19(23-14-24-21)20(28)10-16-5-7-18(8-6-16)27-15-22-13-25-27/h5-8,11,13-15,17H,2-4,9-10,12H2,1H3. The van der Waals surface area contributed by atoms with Crippen molar-refractivity contribution in [3.8, 4) is 5.69 Å². The van der Waals surface area contributed by atoms with Crippen LogP contribution in [0, 0.1) is 5.92 Å². The Morgan fingerprint density at radius 2 is 2.00 bits per heavy atom. The number of ketones is 1. The van der Waals surface area contributed by atoms with E-state index in [1.165, 1.54) is 25.5 Å². The SMILES string of the molecule is CCCN(CC1CC1)c1cc(C(=O)Cc2ccc(-n3cncn3)cc2)ncn1. The first-order valence-electron chi connectivity index (χ1n) is 9.77. The summed E-state index contributed by atoms with van der Waals surface area (Å²) in [4.78, 5) is 27.6. The van der Waals surface area contributed by atoms with Crippen LogP contribution in [0.4, 0.5) is 5.82 Å². The molecule has 1 saturated carbocycles. The van der Waals surface area contributed by atoms with Crippen molar-refractivity contribution in [2.45, 2.75) is 32.6 Å². The van der Waals surface area contributed by atoms with Crippen molar-refractivity contribution >= 4 is 11.6 Å². The minimum absolute atomic E-state index is 0.0000243. The lowest BCUT2D eigenvalue weighted by Gasteiger charge is -2.23. The predicted molar refractivity (Wildman–Crippen MR) is 107 cm³/mol. The van der Waals surface area contributed by atoms with Gasteiger partial charge in [0.25, 0.3) is 0 Å². The number of carbonyl (C=O) groups is 1. The van der Waals surface area contributed by atoms with Crippen molar-refractivity contribution in [1.82, 2.24) is 24.7 Å². The molecule has 0 bridgehead atoms. The molecule has 28 heavy (non-hydrogen) atoms. The van der Waals surface area contributed by atoms with Gasteiger partial charge in [-0.2, -0.15) is 5.10 Å². The molecule has 0 spiro atoms. The Morgan fingerprint density at radius 3 is 2.68 bits per heavy atom. The molecule has 0 radical (unpaired) electrons. The van der Waals surface area contributed by atoms with E-state index >= 15 is 0 Å². The smallest absolute Gasteiger partial charge is 0.185 e. The van der Waals surface area contributed by atoms with Gasteiger partial charge in [0.1, 0.15) is 30.5 Å². The average molecular weight is 376 g/mol. The first-order valence-corrected chi connectivity index (χ1v) is 9.77. The van der Waals surface area contributed by atoms with E-state index < -0.39 is 0 Å². The second-order valence-electron chi connectivity index (χ2n) is 7.26. The second-order valence-corrected chi connectivity index (χ2v) is 7.26. The van der Waals surface area contributed by atoms with Crippen LogP contribution in [0.2, 0.25) is 0 Å². The van der Waals surface area contributed by atoms with Gasteiger partial charge in [-0.3, -0.25) is 4.79 Å². The van der Waals surface area contributed by atoms with Gasteiger partial charge >= 0.3 is 0 Å². The van der Waals surface area contributed by atoms with E-state index in [1.807, 2.05) is 30.3 Å². The van der Waals surface area contributed by atoms with Gasteiger partial charge in [-0.15, -0.1) is 0 Å². The Balaban J connectivity index is 1.45. The molecule has 3 aromatic rings. The molecule has 2 aromatic heterocycles. The molecule has 144 valence electrons. The molecule has 0 saturated heterocycles. The summed E-state index contributed by atoms with van der Waals surface area (Å²) in [5.74, 6) is 1.62. The van der Waals surface area contributed by atoms with Gasteiger partial charge in [-0.1, -0.05) is 19.1 Å². The third kappa shape index (κ3) is 4.42. The maximum absolute atomic E-state index is 12.8. The lowest BCUT2D eigenvalue weighted by molar-refractivity contribution is 0.0988. The monoisotopic (exact) mass is 376 g/mol. The van der Waals surface area contributed by atoms with E-state index in [4.69, 9.17) is 0 Å². The Kier molecular flexibility index (Phi) is 5.41. The molecule has 1 aliphatic rings. The highest BCUT2D eigenvalue weighted by Gasteiger charge is 2.25. The van der Waals surface area contributed by atoms with Crippen molar-refractivity contribution < 1.29 is 4.79 Å². The third-order valence-corrected chi connectivity index (χ3v) is 4.92. The molecule has 0 aliphatic heterocycles. The summed E-state index contributed by atoms with van der Waals surface area (Å²) in [5, 5.41) is 4.11. The molecular formula is C21H24N6O. The molecule has 1 fully saturated rings. The summed E-state index contributed by atoms with van der Waals surface area (Å²) in [6.45, 7) is 4.13. The fourth-order valence-corrected chi connectivity index (χ4v) is 3.24. The van der Waals surface area contributed by atoms with Gasteiger partial charge in [0.2, 0.25) is 0 Å². The van der Waals surface area contributed by atoms with Gasteiger partial charge < -0.3 is 4.90 Å². The lowest BCUT2D eigenvalue weighted by Crippen LogP contribution is -2.27. The summed E-state index contributed by atoms with van der Waals surface area (Å²) < 4.78 is 1.69. The Hall–Kier alpha value is -3.09. The van der Waals surface area contributed by atoms with Gasteiger partial charge in [0.15, 0.2) is 5.78 Å². The normalized spacial score (nSPS) is 13.5. The lowest BCUT2D eigenvalue weighted by atomic mass is 10.1. The Morgan fingerprint density at radius 1 is 1.18 bits per heavy atom. The number of hydrogen-bond donors (Lipinski definition) is 0. The van der Waals surface area contributed by atoms with Crippen LogP contribution in [0.25, 0.3) is 5.69 Å². The number of carbonyl (C=O) groups excluding carboxylic acids is 1. The summed E-state index contributed by atoms with van der Waals surface area (Å²) in [7, 11) is 0. The zero-order valence-electron chi connectivity index (χ0n) is 16.0. The van der Waals surface area contributed by atoms with Crippen LogP contribution >= 0.6 is 0 Å². The number of rotatable bonds is 9. The summed E-state index contributed by atoms with van der Waals surface area (Å²) >= 11 is 0. The quantitative estimate of drug-likeness (QED) is 0.534. The van der Waals surface area contributed by atoms with Gasteiger partial charge in [0.05, 0.1) is 5.69 Å². The van der Waals surface area contributed by atoms with E-state index in [9.17, 15) is 4.79 Å². The zero-order valence-corrected chi connectivity index (χ0v) is 16.0. The third-order valence-electron chi connectivity index (χ3n) is 4.92. The van der Waals surface area contributed by atoms with Crippen LogP contribution in [0.5, 0.6) is 0 Å². The van der Waals surface area contributed by atoms with Crippen LogP contribution in [0.1, 0.15) is 42.2 Å². The average Bonchev–Trinajstić information content (AvgIpc) is 3.37. The van der Waals surface area contributed by atoms with E-state index in [0.29, 0.717) is 12.1 Å². The molecule has 4 rings (SSSR count). The summed E-state index contributed by atoms with van der Waals surface area (Å²) in [6.07, 6.45) is 8.60. The van der Waals surface area contributed by atoms with Crippen molar-refractivity contribution in [2.75, 3.05) is 18.0 Å². The number of Topliss-reactive ketones (excluding diaryl/α,β-unsaturated/α-hetero) is 1. The molecule has 2 heterocycles. The van der Waals surface area contributed by atoms with E-state index in [2.05, 4.69) is 31.9 Å². The molecule has 0 unspecified atom stereocenters. The minimum atomic E-state index is 0.0000243. The number of anilines is 1. The fraction of sp³-hybridized carbons (Fsp3) is 0.381. The number of hydrogen-bond acceptors (Lipinski definition) is 6. The molecule has 7 nitrogen and oxygen atoms in total. The van der Waals surface area contributed by atoms with Crippen molar-refractivity contribution in [3.63, 3.8) is 0 Å². The number of aromatic nitrogens is 5. The Labute approximate surface area is 164 Å². The zero-order chi connectivity index (χ0) is 19.3. The molecule has 0 atom stereocenters. The van der Waals surface area contributed by atoms with E-state index in [1.54, 1.807) is 11.0 Å². The summed E-state index contributed by atoms with van der Waals surface area (Å²) in [5.41, 5.74) is 2.33. The van der Waals surface area contributed by atoms with Gasteiger partial charge in [-0.05, 0) is 42.9 Å². The molecule has 1 aromatic carbocycles. The second kappa shape index (κ2) is 8.29. The van der Waals surface area contributed by atoms with Crippen LogP contribution in [-0.2, 0) is 6.42 Å². The van der Waals surface area contributed by atoms with Gasteiger partial charge in [-0.25, -0.2) is 19.6 Å². The first-order chi connectivity index (χ1) is 13.7. The molecule has 0 amide bonds. The van der Waals surface area contributed by atoms with Crippen LogP contribution in [0.15, 0.2) is 49.3 Å². The highest BCUT2D eigenvalue weighted by molar-refractivity contribution is 5.96. The first kappa shape index (κ1) is 18.3. The van der Waals surface area contributed by atoms with Gasteiger partial charge in [0, 0.05) is 25.6 Å². The largest absolute Gasteiger partial charge is 0.356 e. The highest BCUT2D eigenvalue weighted by atomic mass is 16.1. The fourth-order valence-electron chi connectivity index (χ4n) is 3.24. The molecule has 7 heteroatoms. The number of benzene rings is 1. The Bertz CT molecular complexity index is 918. The maximum atomic E-state index is 12.8. The number of nitrogens with zero attached hydrogens (tertiary/aromatic N) is 6. The molecular weight excluding hydrogens is 352 g/mol. The minimum Gasteiger partial charge on any atom is -0.356 e. The van der Waals surface area contributed by atoms with Crippen molar-refractivity contribution in [3.05, 3.63) is 60.6 Å². The highest BCUT2D eigenvalue weighted by Crippen LogP contribution is 2.31.